The van der Waals surface area contributed by atoms with Gasteiger partial charge in [-0.2, -0.15) is 0 Å². The number of hydrogen-bond acceptors (Lipinski definition) is 2. The summed E-state index contributed by atoms with van der Waals surface area (Å²) in [6.45, 7) is 4.66. The van der Waals surface area contributed by atoms with Crippen molar-refractivity contribution in [1.82, 2.24) is 4.90 Å². The predicted molar refractivity (Wildman–Crippen MR) is 83.2 cm³/mol. The van der Waals surface area contributed by atoms with Crippen LogP contribution in [0.1, 0.15) is 36.8 Å². The van der Waals surface area contributed by atoms with Gasteiger partial charge in [0.15, 0.2) is 0 Å². The largest absolute Gasteiger partial charge is 0.376 e. The Morgan fingerprint density at radius 1 is 1.29 bits per heavy atom. The van der Waals surface area contributed by atoms with E-state index in [2.05, 4.69) is 19.1 Å². The van der Waals surface area contributed by atoms with Crippen LogP contribution in [0.15, 0.2) is 24.3 Å². The molecule has 3 rings (SSSR count). The van der Waals surface area contributed by atoms with Gasteiger partial charge in [0.2, 0.25) is 5.91 Å². The van der Waals surface area contributed by atoms with Crippen molar-refractivity contribution in [1.29, 1.82) is 0 Å². The molecule has 0 radical (unpaired) electrons. The summed E-state index contributed by atoms with van der Waals surface area (Å²) in [5.74, 6) is 1.08. The van der Waals surface area contributed by atoms with Gasteiger partial charge in [-0.05, 0) is 49.7 Å². The molecule has 0 N–H and O–H groups in total. The smallest absolute Gasteiger partial charge is 0.222 e. The van der Waals surface area contributed by atoms with Crippen LogP contribution in [-0.2, 0) is 16.0 Å². The van der Waals surface area contributed by atoms with Gasteiger partial charge in [0, 0.05) is 26.1 Å². The summed E-state index contributed by atoms with van der Waals surface area (Å²) < 4.78 is 5.90. The Hall–Kier alpha value is -1.35. The van der Waals surface area contributed by atoms with Crippen LogP contribution in [0.4, 0.5) is 0 Å². The van der Waals surface area contributed by atoms with Crippen molar-refractivity contribution in [3.8, 4) is 0 Å². The highest BCUT2D eigenvalue weighted by molar-refractivity contribution is 5.76. The molecule has 0 aromatic heterocycles. The molecule has 1 amide bonds. The first-order valence-electron chi connectivity index (χ1n) is 8.16. The average Bonchev–Trinajstić information content (AvgIpc) is 3.20. The Bertz CT molecular complexity index is 496. The summed E-state index contributed by atoms with van der Waals surface area (Å²) in [5.41, 5.74) is 2.56. The van der Waals surface area contributed by atoms with Crippen LogP contribution in [0.3, 0.4) is 0 Å². The topological polar surface area (TPSA) is 29.5 Å². The van der Waals surface area contributed by atoms with E-state index < -0.39 is 0 Å². The fourth-order valence-corrected chi connectivity index (χ4v) is 2.94. The SMILES string of the molecule is Cc1ccccc1CCC(=O)N1CCC(OCC2CC2)C1. The Morgan fingerprint density at radius 3 is 2.86 bits per heavy atom. The van der Waals surface area contributed by atoms with Crippen LogP contribution in [0.5, 0.6) is 0 Å². The molecule has 114 valence electrons. The predicted octanol–water partition coefficient (Wildman–Crippen LogP) is 2.96. The number of aryl methyl sites for hydroxylation is 2. The molecule has 2 fully saturated rings. The van der Waals surface area contributed by atoms with Gasteiger partial charge in [-0.25, -0.2) is 0 Å². The van der Waals surface area contributed by atoms with Gasteiger partial charge < -0.3 is 9.64 Å². The summed E-state index contributed by atoms with van der Waals surface area (Å²) in [4.78, 5) is 14.3. The quantitative estimate of drug-likeness (QED) is 0.805. The third-order valence-corrected chi connectivity index (χ3v) is 4.63. The van der Waals surface area contributed by atoms with Gasteiger partial charge >= 0.3 is 0 Å². The number of likely N-dealkylation sites (tertiary alicyclic amines) is 1. The van der Waals surface area contributed by atoms with Crippen molar-refractivity contribution >= 4 is 5.91 Å². The third-order valence-electron chi connectivity index (χ3n) is 4.63. The highest BCUT2D eigenvalue weighted by atomic mass is 16.5. The number of hydrogen-bond donors (Lipinski definition) is 0. The lowest BCUT2D eigenvalue weighted by Crippen LogP contribution is -2.30. The molecule has 21 heavy (non-hydrogen) atoms. The van der Waals surface area contributed by atoms with E-state index in [1.165, 1.54) is 24.0 Å². The average molecular weight is 287 g/mol. The fraction of sp³-hybridized carbons (Fsp3) is 0.611. The standard InChI is InChI=1S/C18H25NO2/c1-14-4-2-3-5-16(14)8-9-18(20)19-11-10-17(12-19)21-13-15-6-7-15/h2-5,15,17H,6-13H2,1H3. The lowest BCUT2D eigenvalue weighted by atomic mass is 10.0. The second-order valence-corrected chi connectivity index (χ2v) is 6.45. The highest BCUT2D eigenvalue weighted by Crippen LogP contribution is 2.30. The van der Waals surface area contributed by atoms with Gasteiger partial charge in [-0.1, -0.05) is 24.3 Å². The molecule has 3 nitrogen and oxygen atoms in total. The van der Waals surface area contributed by atoms with Gasteiger partial charge in [0.05, 0.1) is 6.10 Å². The minimum atomic E-state index is 0.271. The Labute approximate surface area is 127 Å². The first kappa shape index (κ1) is 14.6. The molecule has 0 spiro atoms. The number of nitrogens with zero attached hydrogens (tertiary/aromatic N) is 1. The van der Waals surface area contributed by atoms with Gasteiger partial charge in [0.25, 0.3) is 0 Å². The number of rotatable bonds is 6. The second kappa shape index (κ2) is 6.61. The van der Waals surface area contributed by atoms with Gasteiger partial charge in [-0.15, -0.1) is 0 Å². The zero-order valence-electron chi connectivity index (χ0n) is 12.9. The van der Waals surface area contributed by atoms with E-state index in [1.807, 2.05) is 17.0 Å². The Kier molecular flexibility index (Phi) is 4.59. The molecule has 1 atom stereocenters. The lowest BCUT2D eigenvalue weighted by Gasteiger charge is -2.17. The number of benzene rings is 1. The van der Waals surface area contributed by atoms with E-state index in [9.17, 15) is 4.79 Å². The molecule has 1 heterocycles. The summed E-state index contributed by atoms with van der Waals surface area (Å²) >= 11 is 0. The zero-order valence-corrected chi connectivity index (χ0v) is 12.9. The van der Waals surface area contributed by atoms with Crippen LogP contribution in [0.25, 0.3) is 0 Å². The van der Waals surface area contributed by atoms with Crippen LogP contribution in [0.2, 0.25) is 0 Å². The first-order chi connectivity index (χ1) is 10.2. The van der Waals surface area contributed by atoms with Crippen molar-refractivity contribution in [2.45, 2.75) is 45.1 Å². The number of ether oxygens (including phenoxy) is 1. The maximum absolute atomic E-state index is 12.3. The molecule has 1 saturated heterocycles. The van der Waals surface area contributed by atoms with E-state index >= 15 is 0 Å². The number of amides is 1. The monoisotopic (exact) mass is 287 g/mol. The highest BCUT2D eigenvalue weighted by Gasteiger charge is 2.29. The van der Waals surface area contributed by atoms with E-state index in [0.717, 1.165) is 38.5 Å². The van der Waals surface area contributed by atoms with Crippen molar-refractivity contribution < 1.29 is 9.53 Å². The molecule has 1 aromatic rings. The molecule has 1 unspecified atom stereocenters. The summed E-state index contributed by atoms with van der Waals surface area (Å²) in [6, 6.07) is 8.32. The minimum Gasteiger partial charge on any atom is -0.376 e. The van der Waals surface area contributed by atoms with Crippen molar-refractivity contribution in [2.24, 2.45) is 5.92 Å². The van der Waals surface area contributed by atoms with Gasteiger partial charge in [0.1, 0.15) is 0 Å². The zero-order chi connectivity index (χ0) is 14.7. The fourth-order valence-electron chi connectivity index (χ4n) is 2.94. The molecule has 1 aliphatic carbocycles. The van der Waals surface area contributed by atoms with Crippen molar-refractivity contribution in [3.05, 3.63) is 35.4 Å². The van der Waals surface area contributed by atoms with Crippen molar-refractivity contribution in [2.75, 3.05) is 19.7 Å². The summed E-state index contributed by atoms with van der Waals surface area (Å²) in [6.07, 6.45) is 5.38. The Balaban J connectivity index is 1.42. The second-order valence-electron chi connectivity index (χ2n) is 6.45. The number of carbonyl (C=O) groups is 1. The van der Waals surface area contributed by atoms with Gasteiger partial charge in [-0.3, -0.25) is 4.79 Å². The molecular weight excluding hydrogens is 262 g/mol. The van der Waals surface area contributed by atoms with E-state index in [1.54, 1.807) is 0 Å². The summed E-state index contributed by atoms with van der Waals surface area (Å²) in [5, 5.41) is 0. The van der Waals surface area contributed by atoms with Crippen LogP contribution in [0, 0.1) is 12.8 Å². The van der Waals surface area contributed by atoms with Crippen LogP contribution < -0.4 is 0 Å². The molecule has 3 heteroatoms. The maximum Gasteiger partial charge on any atom is 0.222 e. The normalized spacial score (nSPS) is 21.8. The molecule has 2 aliphatic rings. The van der Waals surface area contributed by atoms with Crippen molar-refractivity contribution in [3.63, 3.8) is 0 Å². The lowest BCUT2D eigenvalue weighted by molar-refractivity contribution is -0.130. The van der Waals surface area contributed by atoms with E-state index in [0.29, 0.717) is 6.42 Å². The molecular formula is C18H25NO2. The molecule has 0 bridgehead atoms. The summed E-state index contributed by atoms with van der Waals surface area (Å²) in [7, 11) is 0. The number of carbonyl (C=O) groups excluding carboxylic acids is 1. The molecule has 1 aromatic carbocycles. The minimum absolute atomic E-state index is 0.271. The maximum atomic E-state index is 12.3. The third kappa shape index (κ3) is 4.07. The van der Waals surface area contributed by atoms with E-state index in [-0.39, 0.29) is 12.0 Å². The first-order valence-corrected chi connectivity index (χ1v) is 8.16. The van der Waals surface area contributed by atoms with Crippen LogP contribution in [-0.4, -0.2) is 36.6 Å². The van der Waals surface area contributed by atoms with Crippen LogP contribution >= 0.6 is 0 Å². The molecule has 1 aliphatic heterocycles. The Morgan fingerprint density at radius 2 is 2.10 bits per heavy atom. The van der Waals surface area contributed by atoms with E-state index in [4.69, 9.17) is 4.74 Å². The molecule has 1 saturated carbocycles.